The van der Waals surface area contributed by atoms with Crippen LogP contribution in [0.5, 0.6) is 0 Å². The van der Waals surface area contributed by atoms with E-state index in [2.05, 4.69) is 9.98 Å². The third-order valence-electron chi connectivity index (χ3n) is 1.19. The Morgan fingerprint density at radius 1 is 1.29 bits per heavy atom. The summed E-state index contributed by atoms with van der Waals surface area (Å²) in [6.45, 7) is 0.287. The fourth-order valence-corrected chi connectivity index (χ4v) is 1.34. The van der Waals surface area contributed by atoms with Gasteiger partial charge in [0.2, 0.25) is 5.96 Å². The molecule has 0 aliphatic rings. The molecule has 0 rings (SSSR count). The fourth-order valence-electron chi connectivity index (χ4n) is 0.688. The highest BCUT2D eigenvalue weighted by Gasteiger charge is 2.00. The Morgan fingerprint density at radius 3 is 2.29 bits per heavy atom. The maximum atomic E-state index is 10.7. The minimum absolute atomic E-state index is 0.0431. The number of nitrogens with zero attached hydrogens (tertiary/aromatic N) is 2. The Bertz CT molecular complexity index is 328. The van der Waals surface area contributed by atoms with Gasteiger partial charge < -0.3 is 17.2 Å². The summed E-state index contributed by atoms with van der Waals surface area (Å²) in [5.41, 5.74) is 15.4. The number of hydrogen-bond donors (Lipinski definition) is 3. The Kier molecular flexibility index (Phi) is 4.92. The summed E-state index contributed by atoms with van der Waals surface area (Å²) < 4.78 is 21.4. The summed E-state index contributed by atoms with van der Waals surface area (Å²) in [4.78, 5) is 7.21. The van der Waals surface area contributed by atoms with Gasteiger partial charge in [-0.05, 0) is 6.42 Å². The van der Waals surface area contributed by atoms with E-state index in [1.807, 2.05) is 0 Å². The quantitative estimate of drug-likeness (QED) is 0.287. The van der Waals surface area contributed by atoms with Gasteiger partial charge in [-0.25, -0.2) is 8.42 Å². The van der Waals surface area contributed by atoms with Crippen LogP contribution < -0.4 is 17.2 Å². The number of guanidine groups is 2. The highest BCUT2D eigenvalue weighted by molar-refractivity contribution is 7.90. The van der Waals surface area contributed by atoms with Crippen LogP contribution >= 0.6 is 0 Å². The normalized spacial score (nSPS) is 12.5. The van der Waals surface area contributed by atoms with Crippen LogP contribution in [-0.2, 0) is 9.84 Å². The molecule has 14 heavy (non-hydrogen) atoms. The van der Waals surface area contributed by atoms with Crippen molar-refractivity contribution in [3.63, 3.8) is 0 Å². The van der Waals surface area contributed by atoms with Gasteiger partial charge in [0, 0.05) is 12.8 Å². The van der Waals surface area contributed by atoms with Crippen molar-refractivity contribution in [1.82, 2.24) is 0 Å². The van der Waals surface area contributed by atoms with E-state index in [-0.39, 0.29) is 24.2 Å². The second kappa shape index (κ2) is 5.43. The summed E-state index contributed by atoms with van der Waals surface area (Å²) in [6.07, 6.45) is 1.57. The third kappa shape index (κ3) is 8.78. The predicted octanol–water partition coefficient (Wildman–Crippen LogP) is -1.99. The Balaban J connectivity index is 3.90. The number of nitrogens with two attached hydrogens (primary N) is 3. The molecule has 8 heteroatoms. The summed E-state index contributed by atoms with van der Waals surface area (Å²) in [7, 11) is -2.94. The largest absolute Gasteiger partial charge is 0.370 e. The van der Waals surface area contributed by atoms with E-state index >= 15 is 0 Å². The van der Waals surface area contributed by atoms with E-state index in [0.29, 0.717) is 6.42 Å². The van der Waals surface area contributed by atoms with E-state index in [0.717, 1.165) is 6.26 Å². The summed E-state index contributed by atoms with van der Waals surface area (Å²) >= 11 is 0. The molecule has 0 unspecified atom stereocenters. The van der Waals surface area contributed by atoms with Gasteiger partial charge in [0.15, 0.2) is 5.96 Å². The van der Waals surface area contributed by atoms with E-state index in [9.17, 15) is 8.42 Å². The summed E-state index contributed by atoms with van der Waals surface area (Å²) in [5.74, 6) is -0.140. The van der Waals surface area contributed by atoms with Gasteiger partial charge in [0.05, 0.1) is 5.75 Å². The molecule has 0 aromatic carbocycles. The zero-order valence-corrected chi connectivity index (χ0v) is 8.79. The molecular weight excluding hydrogens is 206 g/mol. The van der Waals surface area contributed by atoms with Crippen molar-refractivity contribution in [2.45, 2.75) is 6.42 Å². The summed E-state index contributed by atoms with van der Waals surface area (Å²) in [6, 6.07) is 0. The Morgan fingerprint density at radius 2 is 1.86 bits per heavy atom. The van der Waals surface area contributed by atoms with Gasteiger partial charge in [0.1, 0.15) is 9.84 Å². The first-order valence-corrected chi connectivity index (χ1v) is 5.94. The lowest BCUT2D eigenvalue weighted by Crippen LogP contribution is -2.26. The Hall–Kier alpha value is -1.31. The molecular formula is C6H15N5O2S. The van der Waals surface area contributed by atoms with Crippen LogP contribution in [0.1, 0.15) is 6.42 Å². The lowest BCUT2D eigenvalue weighted by molar-refractivity contribution is 0.599. The molecule has 7 nitrogen and oxygen atoms in total. The van der Waals surface area contributed by atoms with E-state index < -0.39 is 9.84 Å². The number of hydrogen-bond acceptors (Lipinski definition) is 3. The molecule has 0 saturated carbocycles. The molecule has 0 bridgehead atoms. The number of sulfone groups is 1. The predicted molar refractivity (Wildman–Crippen MR) is 56.6 cm³/mol. The van der Waals surface area contributed by atoms with Crippen LogP contribution in [0.2, 0.25) is 0 Å². The van der Waals surface area contributed by atoms with Crippen LogP contribution in [0.4, 0.5) is 0 Å². The average Bonchev–Trinajstić information content (AvgIpc) is 1.95. The lowest BCUT2D eigenvalue weighted by Gasteiger charge is -1.96. The van der Waals surface area contributed by atoms with Gasteiger partial charge in [0.25, 0.3) is 0 Å². The van der Waals surface area contributed by atoms with Crippen molar-refractivity contribution in [2.24, 2.45) is 27.2 Å². The van der Waals surface area contributed by atoms with Crippen LogP contribution in [0, 0.1) is 0 Å². The topological polar surface area (TPSA) is 137 Å². The molecule has 0 radical (unpaired) electrons. The molecule has 0 aliphatic heterocycles. The average molecular weight is 221 g/mol. The minimum Gasteiger partial charge on any atom is -0.370 e. The van der Waals surface area contributed by atoms with E-state index in [1.165, 1.54) is 0 Å². The standard InChI is InChI=1S/C6H15N5O2S/c1-14(12,13)4-2-3-10-6(9)11-5(7)8/h2-4H2,1H3,(H6,7,8,9,10,11). The third-order valence-corrected chi connectivity index (χ3v) is 2.22. The highest BCUT2D eigenvalue weighted by Crippen LogP contribution is 1.89. The molecule has 0 aliphatic carbocycles. The van der Waals surface area contributed by atoms with Crippen LogP contribution in [0.3, 0.4) is 0 Å². The van der Waals surface area contributed by atoms with Crippen molar-refractivity contribution in [2.75, 3.05) is 18.6 Å². The number of rotatable bonds is 4. The monoisotopic (exact) mass is 221 g/mol. The van der Waals surface area contributed by atoms with E-state index in [4.69, 9.17) is 17.2 Å². The molecule has 0 saturated heterocycles. The molecule has 82 valence electrons. The minimum atomic E-state index is -2.94. The fraction of sp³-hybridized carbons (Fsp3) is 0.667. The van der Waals surface area contributed by atoms with Gasteiger partial charge in [-0.1, -0.05) is 0 Å². The molecule has 0 spiro atoms. The molecule has 0 aromatic rings. The van der Waals surface area contributed by atoms with Crippen molar-refractivity contribution in [3.05, 3.63) is 0 Å². The molecule has 0 heterocycles. The van der Waals surface area contributed by atoms with E-state index in [1.54, 1.807) is 0 Å². The zero-order chi connectivity index (χ0) is 11.2. The smallest absolute Gasteiger partial charge is 0.218 e. The molecule has 0 atom stereocenters. The maximum absolute atomic E-state index is 10.7. The first kappa shape index (κ1) is 12.7. The molecule has 6 N–H and O–H groups in total. The van der Waals surface area contributed by atoms with Crippen LogP contribution in [0.25, 0.3) is 0 Å². The number of aliphatic imine (C=N–C) groups is 2. The van der Waals surface area contributed by atoms with Crippen molar-refractivity contribution >= 4 is 21.8 Å². The maximum Gasteiger partial charge on any atom is 0.218 e. The Labute approximate surface area is 83.0 Å². The van der Waals surface area contributed by atoms with Crippen LogP contribution in [-0.4, -0.2) is 38.9 Å². The second-order valence-electron chi connectivity index (χ2n) is 2.76. The summed E-state index contributed by atoms with van der Waals surface area (Å²) in [5, 5.41) is 0. The van der Waals surface area contributed by atoms with Gasteiger partial charge in [-0.3, -0.25) is 4.99 Å². The SMILES string of the molecule is CS(=O)(=O)CCCN=C(N)N=C(N)N. The first-order chi connectivity index (χ1) is 6.31. The zero-order valence-electron chi connectivity index (χ0n) is 7.97. The lowest BCUT2D eigenvalue weighted by atomic mass is 10.5. The molecule has 0 aromatic heterocycles. The van der Waals surface area contributed by atoms with Crippen molar-refractivity contribution < 1.29 is 8.42 Å². The molecule has 0 fully saturated rings. The molecule has 0 amide bonds. The van der Waals surface area contributed by atoms with Gasteiger partial charge in [-0.15, -0.1) is 0 Å². The highest BCUT2D eigenvalue weighted by atomic mass is 32.2. The second-order valence-corrected chi connectivity index (χ2v) is 5.02. The van der Waals surface area contributed by atoms with Gasteiger partial charge >= 0.3 is 0 Å². The van der Waals surface area contributed by atoms with Crippen molar-refractivity contribution in [1.29, 1.82) is 0 Å². The van der Waals surface area contributed by atoms with Gasteiger partial charge in [-0.2, -0.15) is 4.99 Å². The van der Waals surface area contributed by atoms with Crippen LogP contribution in [0.15, 0.2) is 9.98 Å². The van der Waals surface area contributed by atoms with Crippen molar-refractivity contribution in [3.8, 4) is 0 Å². The first-order valence-electron chi connectivity index (χ1n) is 3.88.